The molecule has 0 amide bonds. The van der Waals surface area contributed by atoms with Crippen LogP contribution in [0.3, 0.4) is 0 Å². The summed E-state index contributed by atoms with van der Waals surface area (Å²) in [5, 5.41) is 27.4. The van der Waals surface area contributed by atoms with Crippen LogP contribution in [0.25, 0.3) is 0 Å². The molecule has 8 aliphatic rings. The fraction of sp³-hybridized carbons (Fsp3) is 0.571. The second-order valence-corrected chi connectivity index (χ2v) is 16.7. The third-order valence-electron chi connectivity index (χ3n) is 14.6. The number of aliphatic hydroxyl groups is 1. The van der Waals surface area contributed by atoms with E-state index >= 15 is 0 Å². The number of carbonyl (C=O) groups excluding carboxylic acids is 2. The van der Waals surface area contributed by atoms with Crippen LogP contribution in [0.15, 0.2) is 47.9 Å². The SMILES string of the molecule is COc1ccc2c3c1O[C@H]1C(OC(=O)CCCCC(=O)OC4=CC[C@@]5(O)[C@H]6Cc7ccc(OC)c8c7[C@@]5(CCN6C)[C@H]4O8)=CC[C@@]4([O-])[C@@H](C2)N(C)CC[C@]314.[Li+]. The minimum atomic E-state index is -1.33. The number of esters is 2. The van der Waals surface area contributed by atoms with Crippen LogP contribution in [-0.4, -0.2) is 104 Å². The average molecular weight is 747 g/mol. The Morgan fingerprint density at radius 3 is 1.85 bits per heavy atom. The largest absolute Gasteiger partial charge is 1.00 e. The number of piperidine rings is 2. The van der Waals surface area contributed by atoms with Crippen LogP contribution >= 0.6 is 0 Å². The Kier molecular flexibility index (Phi) is 8.60. The Hall–Kier alpha value is -3.50. The molecule has 0 saturated carbocycles. The Morgan fingerprint density at radius 1 is 0.782 bits per heavy atom. The molecule has 8 atom stereocenters. The number of carbonyl (C=O) groups is 2. The van der Waals surface area contributed by atoms with E-state index in [0.29, 0.717) is 79.5 Å². The van der Waals surface area contributed by atoms with Gasteiger partial charge >= 0.3 is 30.8 Å². The van der Waals surface area contributed by atoms with Crippen LogP contribution in [0, 0.1) is 0 Å². The third kappa shape index (κ3) is 4.67. The topological polar surface area (TPSA) is 139 Å². The van der Waals surface area contributed by atoms with Crippen molar-refractivity contribution in [1.82, 2.24) is 9.80 Å². The van der Waals surface area contributed by atoms with Crippen molar-refractivity contribution in [2.24, 2.45) is 0 Å². The minimum absolute atomic E-state index is 0. The zero-order chi connectivity index (χ0) is 37.4. The van der Waals surface area contributed by atoms with Gasteiger partial charge in [0.15, 0.2) is 35.2 Å². The zero-order valence-electron chi connectivity index (χ0n) is 32.3. The molecule has 2 aromatic rings. The first-order valence-electron chi connectivity index (χ1n) is 19.4. The van der Waals surface area contributed by atoms with E-state index in [1.165, 1.54) is 0 Å². The fourth-order valence-electron chi connectivity index (χ4n) is 12.0. The zero-order valence-corrected chi connectivity index (χ0v) is 32.3. The predicted molar refractivity (Wildman–Crippen MR) is 191 cm³/mol. The third-order valence-corrected chi connectivity index (χ3v) is 14.6. The normalized spacial score (nSPS) is 35.5. The van der Waals surface area contributed by atoms with E-state index in [-0.39, 0.29) is 50.2 Å². The van der Waals surface area contributed by atoms with E-state index < -0.39 is 46.2 Å². The quantitative estimate of drug-likeness (QED) is 0.210. The van der Waals surface area contributed by atoms with Crippen LogP contribution < -0.4 is 42.9 Å². The number of unbranched alkanes of at least 4 members (excludes halogenated alkanes) is 1. The maximum atomic E-state index is 14.9. The van der Waals surface area contributed by atoms with Gasteiger partial charge in [0.1, 0.15) is 11.5 Å². The van der Waals surface area contributed by atoms with Crippen molar-refractivity contribution in [2.75, 3.05) is 41.4 Å². The first-order valence-corrected chi connectivity index (χ1v) is 19.4. The molecule has 4 aliphatic carbocycles. The Bertz CT molecular complexity index is 1910. The van der Waals surface area contributed by atoms with Gasteiger partial charge in [-0.2, -0.15) is 0 Å². The standard InChI is InChI=1S/C42H47N2O10.Li/c1-43-19-17-39-33-23-9-11-25(49-3)35(33)53-37(39)27(13-15-41(39,47)29(43)21-23)51-31(45)7-5-6-8-32(46)52-28-14-16-42(48)30-22-24-10-12-26(50-4)36-34(24)40(42,38(28)54-36)18-20-44(30)2;/h9-14,29-30,37-38,47H,5-8,15-22H2,1-4H3;/q-1;+1/t29-,30-,37+,38+,39+,40+,41-,42-;/m1./s1. The number of methoxy groups -OCH3 is 2. The van der Waals surface area contributed by atoms with E-state index in [4.69, 9.17) is 28.4 Å². The van der Waals surface area contributed by atoms with Crippen molar-refractivity contribution >= 4 is 11.9 Å². The van der Waals surface area contributed by atoms with Crippen molar-refractivity contribution in [2.45, 2.75) is 111 Å². The fourth-order valence-corrected chi connectivity index (χ4v) is 12.0. The summed E-state index contributed by atoms with van der Waals surface area (Å²) in [4.78, 5) is 31.1. The maximum Gasteiger partial charge on any atom is 1.00 e. The van der Waals surface area contributed by atoms with Gasteiger partial charge < -0.3 is 48.4 Å². The molecule has 1 N–H and O–H groups in total. The molecule has 4 bridgehead atoms. The molecule has 0 radical (unpaired) electrons. The molecule has 2 fully saturated rings. The van der Waals surface area contributed by atoms with Gasteiger partial charge in [-0.3, -0.25) is 9.59 Å². The van der Waals surface area contributed by atoms with Gasteiger partial charge in [0.2, 0.25) is 0 Å². The summed E-state index contributed by atoms with van der Waals surface area (Å²) in [6.45, 7) is 1.52. The van der Waals surface area contributed by atoms with Crippen molar-refractivity contribution in [3.8, 4) is 23.0 Å². The van der Waals surface area contributed by atoms with Crippen molar-refractivity contribution in [3.05, 3.63) is 70.2 Å². The summed E-state index contributed by atoms with van der Waals surface area (Å²) >= 11 is 0. The smallest absolute Gasteiger partial charge is 0.847 e. The van der Waals surface area contributed by atoms with Gasteiger partial charge in [0, 0.05) is 47.9 Å². The van der Waals surface area contributed by atoms with Crippen LogP contribution in [0.1, 0.15) is 73.6 Å². The van der Waals surface area contributed by atoms with Crippen LogP contribution in [-0.2, 0) is 42.7 Å². The van der Waals surface area contributed by atoms with E-state index in [1.807, 2.05) is 31.3 Å². The molecule has 2 aromatic carbocycles. The second-order valence-electron chi connectivity index (χ2n) is 16.7. The average Bonchev–Trinajstić information content (AvgIpc) is 3.70. The molecular formula is C42H47LiN2O10. The first-order chi connectivity index (χ1) is 26.0. The van der Waals surface area contributed by atoms with Gasteiger partial charge in [-0.25, -0.2) is 0 Å². The summed E-state index contributed by atoms with van der Waals surface area (Å²) in [6.07, 6.45) is 6.43. The second kappa shape index (κ2) is 12.8. The number of hydrogen-bond donors (Lipinski definition) is 1. The number of rotatable bonds is 9. The summed E-state index contributed by atoms with van der Waals surface area (Å²) in [5.41, 5.74) is 0.115. The summed E-state index contributed by atoms with van der Waals surface area (Å²) in [7, 11) is 7.28. The molecule has 4 heterocycles. The monoisotopic (exact) mass is 746 g/mol. The van der Waals surface area contributed by atoms with Crippen molar-refractivity contribution in [3.63, 3.8) is 0 Å². The molecular weight excluding hydrogens is 699 g/mol. The molecule has 13 heteroatoms. The van der Waals surface area contributed by atoms with Crippen molar-refractivity contribution in [1.29, 1.82) is 0 Å². The van der Waals surface area contributed by atoms with Gasteiger partial charge in [0.05, 0.1) is 25.2 Å². The number of benzene rings is 2. The number of hydrogen-bond acceptors (Lipinski definition) is 12. The molecule has 12 nitrogen and oxygen atoms in total. The molecule has 55 heavy (non-hydrogen) atoms. The molecule has 0 aromatic heterocycles. The van der Waals surface area contributed by atoms with E-state index in [1.54, 1.807) is 20.3 Å². The molecule has 286 valence electrons. The number of nitrogens with zero attached hydrogens (tertiary/aromatic N) is 2. The molecule has 2 saturated heterocycles. The van der Waals surface area contributed by atoms with Crippen LogP contribution in [0.4, 0.5) is 0 Å². The van der Waals surface area contributed by atoms with E-state index in [0.717, 1.165) is 35.3 Å². The number of likely N-dealkylation sites (N-methyl/N-ethyl adjacent to an activating group) is 2. The van der Waals surface area contributed by atoms with Crippen LogP contribution in [0.2, 0.25) is 0 Å². The van der Waals surface area contributed by atoms with Gasteiger partial charge in [0.25, 0.3) is 0 Å². The summed E-state index contributed by atoms with van der Waals surface area (Å²) in [5.74, 6) is 2.37. The molecule has 4 aliphatic heterocycles. The van der Waals surface area contributed by atoms with Gasteiger partial charge in [-0.05, 0) is 108 Å². The van der Waals surface area contributed by atoms with Crippen LogP contribution in [0.5, 0.6) is 23.0 Å². The van der Waals surface area contributed by atoms with E-state index in [9.17, 15) is 19.8 Å². The predicted octanol–water partition coefficient (Wildman–Crippen LogP) is -0.0218. The summed E-state index contributed by atoms with van der Waals surface area (Å²) < 4.78 is 36.6. The van der Waals surface area contributed by atoms with Gasteiger partial charge in [-0.1, -0.05) is 17.7 Å². The number of ether oxygens (including phenoxy) is 6. The molecule has 0 unspecified atom stereocenters. The Labute approximate surface area is 332 Å². The van der Waals surface area contributed by atoms with E-state index in [2.05, 4.69) is 22.9 Å². The first kappa shape index (κ1) is 37.1. The van der Waals surface area contributed by atoms with Gasteiger partial charge in [-0.15, -0.1) is 0 Å². The Morgan fingerprint density at radius 2 is 1.27 bits per heavy atom. The van der Waals surface area contributed by atoms with Crippen molar-refractivity contribution < 1.29 is 67.1 Å². The number of likely N-dealkylation sites (tertiary alicyclic amines) is 2. The minimum Gasteiger partial charge on any atom is -0.847 e. The maximum absolute atomic E-state index is 14.9. The Balaban J connectivity index is 0.00000397. The molecule has 2 spiro atoms. The molecule has 10 rings (SSSR count). The summed E-state index contributed by atoms with van der Waals surface area (Å²) in [6, 6.07) is 7.63.